The smallest absolute Gasteiger partial charge is 0.192 e. The molecular formula is C15H23N3O. The zero-order valence-electron chi connectivity index (χ0n) is 12.2. The van der Waals surface area contributed by atoms with Crippen LogP contribution in [0.5, 0.6) is 5.75 Å². The molecule has 0 bridgehead atoms. The van der Waals surface area contributed by atoms with Crippen molar-refractivity contribution in [3.63, 3.8) is 0 Å². The second-order valence-electron chi connectivity index (χ2n) is 5.65. The van der Waals surface area contributed by atoms with Crippen molar-refractivity contribution in [3.8, 4) is 5.75 Å². The molecule has 0 radical (unpaired) electrons. The number of hydrogen-bond acceptors (Lipinski definition) is 4. The van der Waals surface area contributed by atoms with Gasteiger partial charge in [0, 0.05) is 12.1 Å². The molecule has 1 heterocycles. The molecule has 0 saturated carbocycles. The normalized spacial score (nSPS) is 22.8. The van der Waals surface area contributed by atoms with Gasteiger partial charge in [-0.3, -0.25) is 4.99 Å². The summed E-state index contributed by atoms with van der Waals surface area (Å²) in [7, 11) is 1.70. The first kappa shape index (κ1) is 13.7. The van der Waals surface area contributed by atoms with Gasteiger partial charge in [0.1, 0.15) is 5.75 Å². The molecule has 0 fully saturated rings. The van der Waals surface area contributed by atoms with E-state index < -0.39 is 0 Å². The van der Waals surface area contributed by atoms with Crippen LogP contribution in [-0.4, -0.2) is 31.1 Å². The first-order valence-electron chi connectivity index (χ1n) is 6.70. The summed E-state index contributed by atoms with van der Waals surface area (Å²) in [6.45, 7) is 8.12. The molecule has 2 rings (SSSR count). The molecule has 104 valence electrons. The van der Waals surface area contributed by atoms with E-state index in [0.717, 1.165) is 17.9 Å². The predicted octanol–water partition coefficient (Wildman–Crippen LogP) is 2.20. The van der Waals surface area contributed by atoms with Crippen molar-refractivity contribution in [2.75, 3.05) is 20.2 Å². The van der Waals surface area contributed by atoms with Crippen molar-refractivity contribution < 1.29 is 4.74 Å². The Bertz CT molecular complexity index is 484. The molecule has 0 aliphatic carbocycles. The number of hydrogen-bond donors (Lipinski definition) is 1. The molecule has 1 aliphatic rings. The molecule has 4 heteroatoms. The minimum Gasteiger partial charge on any atom is -0.496 e. The molecule has 0 saturated heterocycles. The zero-order chi connectivity index (χ0) is 14.0. The third-order valence-corrected chi connectivity index (χ3v) is 3.66. The van der Waals surface area contributed by atoms with E-state index in [1.807, 2.05) is 18.2 Å². The van der Waals surface area contributed by atoms with Crippen LogP contribution in [0.2, 0.25) is 0 Å². The van der Waals surface area contributed by atoms with E-state index in [1.54, 1.807) is 7.11 Å². The van der Waals surface area contributed by atoms with Gasteiger partial charge in [-0.25, -0.2) is 0 Å². The summed E-state index contributed by atoms with van der Waals surface area (Å²) in [4.78, 5) is 6.63. The number of guanidine groups is 1. The maximum atomic E-state index is 6.07. The molecule has 0 spiro atoms. The van der Waals surface area contributed by atoms with Crippen LogP contribution in [0.15, 0.2) is 29.3 Å². The average Bonchev–Trinajstić information content (AvgIpc) is 2.68. The summed E-state index contributed by atoms with van der Waals surface area (Å²) in [6.07, 6.45) is 0. The molecule has 1 aromatic rings. The Kier molecular flexibility index (Phi) is 3.69. The van der Waals surface area contributed by atoms with E-state index in [4.69, 9.17) is 10.5 Å². The summed E-state index contributed by atoms with van der Waals surface area (Å²) >= 11 is 0. The molecule has 1 unspecified atom stereocenters. The number of rotatable bonds is 4. The lowest BCUT2D eigenvalue weighted by Crippen LogP contribution is -2.49. The summed E-state index contributed by atoms with van der Waals surface area (Å²) in [5.41, 5.74) is 6.99. The van der Waals surface area contributed by atoms with Crippen molar-refractivity contribution in [1.29, 1.82) is 0 Å². The van der Waals surface area contributed by atoms with Crippen LogP contribution in [0.3, 0.4) is 0 Å². The SMILES string of the molecule is COc1ccccc1C1(C)CN=C(N)N1CC(C)C. The van der Waals surface area contributed by atoms with Gasteiger partial charge in [-0.15, -0.1) is 0 Å². The third kappa shape index (κ3) is 2.39. The Hall–Kier alpha value is -1.71. The molecule has 0 amide bonds. The van der Waals surface area contributed by atoms with E-state index in [0.29, 0.717) is 18.4 Å². The third-order valence-electron chi connectivity index (χ3n) is 3.66. The maximum absolute atomic E-state index is 6.07. The van der Waals surface area contributed by atoms with E-state index in [1.165, 1.54) is 0 Å². The van der Waals surface area contributed by atoms with Gasteiger partial charge in [-0.1, -0.05) is 32.0 Å². The van der Waals surface area contributed by atoms with Gasteiger partial charge in [0.05, 0.1) is 19.2 Å². The number of methoxy groups -OCH3 is 1. The Balaban J connectivity index is 2.41. The number of aliphatic imine (C=N–C) groups is 1. The summed E-state index contributed by atoms with van der Waals surface area (Å²) < 4.78 is 5.49. The monoisotopic (exact) mass is 261 g/mol. The fourth-order valence-corrected chi connectivity index (χ4v) is 2.64. The summed E-state index contributed by atoms with van der Waals surface area (Å²) in [6, 6.07) is 8.10. The highest BCUT2D eigenvalue weighted by molar-refractivity contribution is 5.81. The highest BCUT2D eigenvalue weighted by atomic mass is 16.5. The molecule has 1 atom stereocenters. The molecule has 19 heavy (non-hydrogen) atoms. The minimum absolute atomic E-state index is 0.221. The Labute approximate surface area is 115 Å². The number of nitrogens with zero attached hydrogens (tertiary/aromatic N) is 2. The first-order valence-corrected chi connectivity index (χ1v) is 6.70. The summed E-state index contributed by atoms with van der Waals surface area (Å²) in [5.74, 6) is 2.05. The number of para-hydroxylation sites is 1. The first-order chi connectivity index (χ1) is 8.99. The fourth-order valence-electron chi connectivity index (χ4n) is 2.64. The number of ether oxygens (including phenoxy) is 1. The lowest BCUT2D eigenvalue weighted by molar-refractivity contribution is 0.198. The van der Waals surface area contributed by atoms with E-state index in [2.05, 4.69) is 36.7 Å². The lowest BCUT2D eigenvalue weighted by atomic mass is 9.89. The van der Waals surface area contributed by atoms with Crippen LogP contribution in [0.25, 0.3) is 0 Å². The van der Waals surface area contributed by atoms with Crippen molar-refractivity contribution in [3.05, 3.63) is 29.8 Å². The van der Waals surface area contributed by atoms with E-state index in [9.17, 15) is 0 Å². The molecule has 4 nitrogen and oxygen atoms in total. The van der Waals surface area contributed by atoms with Crippen LogP contribution in [0.1, 0.15) is 26.3 Å². The fraction of sp³-hybridized carbons (Fsp3) is 0.533. The quantitative estimate of drug-likeness (QED) is 0.904. The molecule has 1 aromatic carbocycles. The van der Waals surface area contributed by atoms with Gasteiger partial charge in [0.25, 0.3) is 0 Å². The van der Waals surface area contributed by atoms with E-state index in [-0.39, 0.29) is 5.54 Å². The van der Waals surface area contributed by atoms with Crippen LogP contribution < -0.4 is 10.5 Å². The Morgan fingerprint density at radius 1 is 1.42 bits per heavy atom. The molecular weight excluding hydrogens is 238 g/mol. The maximum Gasteiger partial charge on any atom is 0.192 e. The van der Waals surface area contributed by atoms with Crippen molar-refractivity contribution >= 4 is 5.96 Å². The standard InChI is InChI=1S/C15H23N3O/c1-11(2)9-18-14(16)17-10-15(18,3)12-7-5-6-8-13(12)19-4/h5-8,11H,9-10H2,1-4H3,(H2,16,17). The second-order valence-corrected chi connectivity index (χ2v) is 5.65. The van der Waals surface area contributed by atoms with Gasteiger partial charge in [-0.2, -0.15) is 0 Å². The lowest BCUT2D eigenvalue weighted by Gasteiger charge is -2.38. The van der Waals surface area contributed by atoms with Crippen LogP contribution in [0, 0.1) is 5.92 Å². The molecule has 0 aromatic heterocycles. The Morgan fingerprint density at radius 2 is 2.11 bits per heavy atom. The van der Waals surface area contributed by atoms with Gasteiger partial charge in [0.2, 0.25) is 0 Å². The second kappa shape index (κ2) is 5.11. The number of nitrogens with two attached hydrogens (primary N) is 1. The van der Waals surface area contributed by atoms with Crippen molar-refractivity contribution in [1.82, 2.24) is 4.90 Å². The van der Waals surface area contributed by atoms with Crippen LogP contribution >= 0.6 is 0 Å². The van der Waals surface area contributed by atoms with Crippen molar-refractivity contribution in [2.24, 2.45) is 16.6 Å². The highest BCUT2D eigenvalue weighted by Crippen LogP contribution is 2.38. The minimum atomic E-state index is -0.221. The predicted molar refractivity (Wildman–Crippen MR) is 78.4 cm³/mol. The largest absolute Gasteiger partial charge is 0.496 e. The van der Waals surface area contributed by atoms with Gasteiger partial charge >= 0.3 is 0 Å². The van der Waals surface area contributed by atoms with Crippen molar-refractivity contribution in [2.45, 2.75) is 26.3 Å². The zero-order valence-corrected chi connectivity index (χ0v) is 12.2. The van der Waals surface area contributed by atoms with Gasteiger partial charge in [0.15, 0.2) is 5.96 Å². The summed E-state index contributed by atoms with van der Waals surface area (Å²) in [5, 5.41) is 0. The van der Waals surface area contributed by atoms with Gasteiger partial charge in [-0.05, 0) is 18.9 Å². The molecule has 1 aliphatic heterocycles. The van der Waals surface area contributed by atoms with Crippen LogP contribution in [-0.2, 0) is 5.54 Å². The van der Waals surface area contributed by atoms with Crippen LogP contribution in [0.4, 0.5) is 0 Å². The number of benzene rings is 1. The Morgan fingerprint density at radius 3 is 2.74 bits per heavy atom. The molecule has 2 N–H and O–H groups in total. The average molecular weight is 261 g/mol. The topological polar surface area (TPSA) is 50.9 Å². The highest BCUT2D eigenvalue weighted by Gasteiger charge is 2.41. The van der Waals surface area contributed by atoms with E-state index >= 15 is 0 Å². The van der Waals surface area contributed by atoms with Gasteiger partial charge < -0.3 is 15.4 Å².